The number of halogens is 3. The third-order valence-electron chi connectivity index (χ3n) is 4.30. The number of methoxy groups -OCH3 is 1. The zero-order valence-corrected chi connectivity index (χ0v) is 17.9. The topological polar surface area (TPSA) is 30.5 Å². The van der Waals surface area contributed by atoms with E-state index in [1.807, 2.05) is 24.3 Å². The molecule has 0 bridgehead atoms. The Hall–Kier alpha value is -2.24. The molecule has 146 valence electrons. The van der Waals surface area contributed by atoms with Crippen molar-refractivity contribution in [3.05, 3.63) is 86.6 Å². The van der Waals surface area contributed by atoms with Gasteiger partial charge in [0.1, 0.15) is 12.4 Å². The molecule has 0 spiro atoms. The molecule has 6 heteroatoms. The third kappa shape index (κ3) is 4.97. The monoisotopic (exact) mass is 463 g/mol. The summed E-state index contributed by atoms with van der Waals surface area (Å²) in [5, 5.41) is 3.71. The van der Waals surface area contributed by atoms with E-state index in [0.717, 1.165) is 15.7 Å². The summed E-state index contributed by atoms with van der Waals surface area (Å²) >= 11 is 9.64. The van der Waals surface area contributed by atoms with Crippen LogP contribution in [0.25, 0.3) is 0 Å². The highest BCUT2D eigenvalue weighted by molar-refractivity contribution is 9.10. The number of benzene rings is 3. The van der Waals surface area contributed by atoms with Crippen LogP contribution in [0, 0.1) is 12.7 Å². The SMILES string of the molecule is COc1cc(CNc2ccc(C)cc2)c(Br)cc1OCc1c(F)cccc1Cl. The van der Waals surface area contributed by atoms with Gasteiger partial charge in [0.25, 0.3) is 0 Å². The smallest absolute Gasteiger partial charge is 0.162 e. The van der Waals surface area contributed by atoms with E-state index in [2.05, 4.69) is 40.3 Å². The maximum absolute atomic E-state index is 14.0. The summed E-state index contributed by atoms with van der Waals surface area (Å²) < 4.78 is 26.1. The summed E-state index contributed by atoms with van der Waals surface area (Å²) in [5.74, 6) is 0.675. The Morgan fingerprint density at radius 2 is 1.82 bits per heavy atom. The molecule has 0 unspecified atom stereocenters. The van der Waals surface area contributed by atoms with Crippen LogP contribution in [0.4, 0.5) is 10.1 Å². The van der Waals surface area contributed by atoms with Crippen LogP contribution in [0.2, 0.25) is 5.02 Å². The molecular formula is C22H20BrClFNO2. The van der Waals surface area contributed by atoms with Gasteiger partial charge in [0.15, 0.2) is 11.5 Å². The highest BCUT2D eigenvalue weighted by atomic mass is 79.9. The number of hydrogen-bond acceptors (Lipinski definition) is 3. The number of nitrogens with one attached hydrogen (secondary N) is 1. The largest absolute Gasteiger partial charge is 0.493 e. The lowest BCUT2D eigenvalue weighted by molar-refractivity contribution is 0.279. The Kier molecular flexibility index (Phi) is 6.81. The highest BCUT2D eigenvalue weighted by Gasteiger charge is 2.13. The molecule has 0 aliphatic rings. The predicted octanol–water partition coefficient (Wildman–Crippen LogP) is 6.75. The van der Waals surface area contributed by atoms with Crippen molar-refractivity contribution in [2.24, 2.45) is 0 Å². The second kappa shape index (κ2) is 9.30. The maximum atomic E-state index is 14.0. The van der Waals surface area contributed by atoms with Gasteiger partial charge < -0.3 is 14.8 Å². The lowest BCUT2D eigenvalue weighted by Crippen LogP contribution is -2.04. The minimum Gasteiger partial charge on any atom is -0.493 e. The van der Waals surface area contributed by atoms with E-state index in [4.69, 9.17) is 21.1 Å². The summed E-state index contributed by atoms with van der Waals surface area (Å²) in [4.78, 5) is 0. The van der Waals surface area contributed by atoms with E-state index in [9.17, 15) is 4.39 Å². The predicted molar refractivity (Wildman–Crippen MR) is 115 cm³/mol. The van der Waals surface area contributed by atoms with E-state index >= 15 is 0 Å². The molecule has 28 heavy (non-hydrogen) atoms. The molecule has 0 saturated heterocycles. The Labute approximate surface area is 177 Å². The lowest BCUT2D eigenvalue weighted by atomic mass is 10.1. The molecule has 3 aromatic carbocycles. The second-order valence-electron chi connectivity index (χ2n) is 6.30. The lowest BCUT2D eigenvalue weighted by Gasteiger charge is -2.15. The van der Waals surface area contributed by atoms with E-state index in [1.54, 1.807) is 19.2 Å². The molecule has 0 radical (unpaired) electrons. The van der Waals surface area contributed by atoms with Crippen molar-refractivity contribution in [1.29, 1.82) is 0 Å². The van der Waals surface area contributed by atoms with Crippen LogP contribution in [0.3, 0.4) is 0 Å². The summed E-state index contributed by atoms with van der Waals surface area (Å²) in [6.45, 7) is 2.67. The Morgan fingerprint density at radius 3 is 2.50 bits per heavy atom. The van der Waals surface area contributed by atoms with Crippen molar-refractivity contribution < 1.29 is 13.9 Å². The van der Waals surface area contributed by atoms with Gasteiger partial charge in [-0.2, -0.15) is 0 Å². The van der Waals surface area contributed by atoms with Crippen LogP contribution >= 0.6 is 27.5 Å². The van der Waals surface area contributed by atoms with Crippen LogP contribution in [0.5, 0.6) is 11.5 Å². The first-order valence-electron chi connectivity index (χ1n) is 8.70. The summed E-state index contributed by atoms with van der Waals surface area (Å²) in [6, 6.07) is 16.5. The van der Waals surface area contributed by atoms with Gasteiger partial charge >= 0.3 is 0 Å². The number of rotatable bonds is 7. The molecule has 0 heterocycles. The minimum absolute atomic E-state index is 0.00920. The zero-order valence-electron chi connectivity index (χ0n) is 15.6. The summed E-state index contributed by atoms with van der Waals surface area (Å²) in [7, 11) is 1.57. The first-order valence-corrected chi connectivity index (χ1v) is 9.87. The van der Waals surface area contributed by atoms with E-state index in [1.165, 1.54) is 11.6 Å². The van der Waals surface area contributed by atoms with Gasteiger partial charge in [-0.15, -0.1) is 0 Å². The van der Waals surface area contributed by atoms with Crippen molar-refractivity contribution in [2.75, 3.05) is 12.4 Å². The van der Waals surface area contributed by atoms with Gasteiger partial charge in [-0.3, -0.25) is 0 Å². The Balaban J connectivity index is 1.74. The van der Waals surface area contributed by atoms with Crippen LogP contribution in [-0.2, 0) is 13.2 Å². The quantitative estimate of drug-likeness (QED) is 0.419. The number of aryl methyl sites for hydroxylation is 1. The fraction of sp³-hybridized carbons (Fsp3) is 0.182. The highest BCUT2D eigenvalue weighted by Crippen LogP contribution is 2.35. The van der Waals surface area contributed by atoms with Gasteiger partial charge in [-0.25, -0.2) is 4.39 Å². The van der Waals surface area contributed by atoms with E-state index in [0.29, 0.717) is 28.6 Å². The van der Waals surface area contributed by atoms with Gasteiger partial charge in [0.05, 0.1) is 12.1 Å². The van der Waals surface area contributed by atoms with Crippen molar-refractivity contribution in [3.8, 4) is 11.5 Å². The second-order valence-corrected chi connectivity index (χ2v) is 7.56. The molecule has 0 fully saturated rings. The van der Waals surface area contributed by atoms with Crippen LogP contribution in [-0.4, -0.2) is 7.11 Å². The van der Waals surface area contributed by atoms with E-state index in [-0.39, 0.29) is 6.61 Å². The number of anilines is 1. The first-order chi connectivity index (χ1) is 13.5. The minimum atomic E-state index is -0.399. The third-order valence-corrected chi connectivity index (χ3v) is 5.39. The molecule has 0 amide bonds. The normalized spacial score (nSPS) is 10.6. The molecule has 0 aromatic heterocycles. The molecule has 3 nitrogen and oxygen atoms in total. The Bertz CT molecular complexity index is 943. The van der Waals surface area contributed by atoms with Gasteiger partial charge in [-0.05, 0) is 48.9 Å². The molecule has 3 rings (SSSR count). The van der Waals surface area contributed by atoms with Crippen LogP contribution in [0.15, 0.2) is 59.1 Å². The molecule has 0 aliphatic heterocycles. The molecule has 0 atom stereocenters. The fourth-order valence-corrected chi connectivity index (χ4v) is 3.35. The molecule has 1 N–H and O–H groups in total. The molecule has 3 aromatic rings. The van der Waals surface area contributed by atoms with Gasteiger partial charge in [0.2, 0.25) is 0 Å². The zero-order chi connectivity index (χ0) is 20.1. The van der Waals surface area contributed by atoms with Crippen molar-refractivity contribution >= 4 is 33.2 Å². The van der Waals surface area contributed by atoms with Gasteiger partial charge in [0, 0.05) is 22.3 Å². The maximum Gasteiger partial charge on any atom is 0.162 e. The summed E-state index contributed by atoms with van der Waals surface area (Å²) in [6.07, 6.45) is 0. The fourth-order valence-electron chi connectivity index (χ4n) is 2.67. The number of ether oxygens (including phenoxy) is 2. The van der Waals surface area contributed by atoms with Gasteiger partial charge in [-0.1, -0.05) is 51.3 Å². The van der Waals surface area contributed by atoms with Crippen LogP contribution < -0.4 is 14.8 Å². The number of hydrogen-bond donors (Lipinski definition) is 1. The van der Waals surface area contributed by atoms with Crippen molar-refractivity contribution in [3.63, 3.8) is 0 Å². The molecule has 0 saturated carbocycles. The average Bonchev–Trinajstić information content (AvgIpc) is 2.68. The Morgan fingerprint density at radius 1 is 1.07 bits per heavy atom. The first kappa shape index (κ1) is 20.5. The van der Waals surface area contributed by atoms with Crippen molar-refractivity contribution in [2.45, 2.75) is 20.1 Å². The standard InChI is InChI=1S/C22H20BrClFNO2/c1-14-6-8-16(9-7-14)26-12-15-10-21(27-2)22(11-18(15)23)28-13-17-19(24)4-3-5-20(17)25/h3-11,26H,12-13H2,1-2H3. The molecule has 0 aliphatic carbocycles. The van der Waals surface area contributed by atoms with Crippen molar-refractivity contribution in [1.82, 2.24) is 0 Å². The average molecular weight is 465 g/mol. The van der Waals surface area contributed by atoms with Crippen LogP contribution in [0.1, 0.15) is 16.7 Å². The molecular weight excluding hydrogens is 445 g/mol. The summed E-state index contributed by atoms with van der Waals surface area (Å²) in [5.41, 5.74) is 3.57. The van der Waals surface area contributed by atoms with E-state index < -0.39 is 5.82 Å².